The summed E-state index contributed by atoms with van der Waals surface area (Å²) in [6, 6.07) is -1.35. The number of alkyl halides is 2. The van der Waals surface area contributed by atoms with Crippen LogP contribution in [0.4, 0.5) is 0 Å². The number of hydrogen-bond acceptors (Lipinski definition) is 6. The van der Waals surface area contributed by atoms with E-state index in [4.69, 9.17) is 33.8 Å². The van der Waals surface area contributed by atoms with Crippen molar-refractivity contribution >= 4 is 59.2 Å². The van der Waals surface area contributed by atoms with E-state index in [0.717, 1.165) is 18.6 Å². The number of thioether (sulfide) groups is 1. The quantitative estimate of drug-likeness (QED) is 0.146. The molecule has 0 fully saturated rings. The number of halogens is 3. The Morgan fingerprint density at radius 3 is 2.63 bits per heavy atom. The van der Waals surface area contributed by atoms with Gasteiger partial charge in [-0.1, -0.05) is 23.8 Å². The zero-order valence-corrected chi connectivity index (χ0v) is 20.8. The lowest BCUT2D eigenvalue weighted by Crippen LogP contribution is -2.54. The summed E-state index contributed by atoms with van der Waals surface area (Å²) in [5.41, 5.74) is 3.56. The Hall–Kier alpha value is -0.440. The summed E-state index contributed by atoms with van der Waals surface area (Å²) in [5.74, 6) is 6.73. The number of allylic oxidation sites excluding steroid dienone is 4. The Bertz CT molecular complexity index is 593. The largest absolute Gasteiger partial charge is 0.464 e. The molecule has 0 heterocycles. The van der Waals surface area contributed by atoms with Crippen molar-refractivity contribution in [2.45, 2.75) is 51.1 Å². The maximum atomic E-state index is 12.9. The maximum Gasteiger partial charge on any atom is 0.328 e. The van der Waals surface area contributed by atoms with E-state index in [1.165, 1.54) is 5.57 Å². The summed E-state index contributed by atoms with van der Waals surface area (Å²) in [4.78, 5) is 25.1. The average Bonchev–Trinajstić information content (AvgIpc) is 2.70. The summed E-state index contributed by atoms with van der Waals surface area (Å²) < 4.78 is 5.10. The van der Waals surface area contributed by atoms with Crippen LogP contribution in [-0.4, -0.2) is 54.3 Å². The fourth-order valence-electron chi connectivity index (χ4n) is 3.49. The first kappa shape index (κ1) is 29.6. The molecule has 1 rings (SSSR count). The van der Waals surface area contributed by atoms with Gasteiger partial charge in [-0.05, 0) is 56.5 Å². The molecule has 174 valence electrons. The van der Waals surface area contributed by atoms with E-state index in [9.17, 15) is 9.59 Å². The molecule has 30 heavy (non-hydrogen) atoms. The second-order valence-electron chi connectivity index (χ2n) is 7.12. The molecule has 0 spiro atoms. The Labute approximate surface area is 200 Å². The van der Waals surface area contributed by atoms with E-state index in [1.54, 1.807) is 18.7 Å². The van der Waals surface area contributed by atoms with Gasteiger partial charge in [0.05, 0.1) is 6.61 Å². The van der Waals surface area contributed by atoms with Crippen molar-refractivity contribution in [1.82, 2.24) is 10.7 Å². The first-order valence-electron chi connectivity index (χ1n) is 9.86. The average molecular weight is 503 g/mol. The lowest BCUT2D eigenvalue weighted by atomic mass is 9.71. The molecule has 0 aliphatic heterocycles. The van der Waals surface area contributed by atoms with Crippen LogP contribution in [0.25, 0.3) is 0 Å². The molecule has 0 saturated carbocycles. The van der Waals surface area contributed by atoms with Crippen LogP contribution in [0.5, 0.6) is 0 Å². The summed E-state index contributed by atoms with van der Waals surface area (Å²) in [6.07, 6.45) is 11.4. The predicted octanol–water partition coefficient (Wildman–Crippen LogP) is 3.56. The second-order valence-corrected chi connectivity index (χ2v) is 8.86. The molecule has 3 atom stereocenters. The van der Waals surface area contributed by atoms with E-state index in [0.29, 0.717) is 31.0 Å². The van der Waals surface area contributed by atoms with Gasteiger partial charge in [0.1, 0.15) is 12.1 Å². The predicted molar refractivity (Wildman–Crippen MR) is 129 cm³/mol. The van der Waals surface area contributed by atoms with E-state index in [1.807, 2.05) is 12.3 Å². The molecule has 0 bridgehead atoms. The molecule has 0 aromatic rings. The summed E-state index contributed by atoms with van der Waals surface area (Å²) >= 11 is 13.6. The van der Waals surface area contributed by atoms with Gasteiger partial charge in [0.2, 0.25) is 5.91 Å². The van der Waals surface area contributed by atoms with Crippen molar-refractivity contribution in [2.75, 3.05) is 30.4 Å². The van der Waals surface area contributed by atoms with Gasteiger partial charge in [0.25, 0.3) is 0 Å². The summed E-state index contributed by atoms with van der Waals surface area (Å²) in [7, 11) is 0. The highest BCUT2D eigenvalue weighted by atomic mass is 35.5. The van der Waals surface area contributed by atoms with Gasteiger partial charge < -0.3 is 10.1 Å². The minimum absolute atomic E-state index is 0. The highest BCUT2D eigenvalue weighted by Crippen LogP contribution is 2.40. The second kappa shape index (κ2) is 16.2. The van der Waals surface area contributed by atoms with Gasteiger partial charge in [0, 0.05) is 11.8 Å². The van der Waals surface area contributed by atoms with Crippen molar-refractivity contribution < 1.29 is 14.3 Å². The van der Waals surface area contributed by atoms with E-state index in [2.05, 4.69) is 22.9 Å². The first-order valence-corrected chi connectivity index (χ1v) is 12.3. The van der Waals surface area contributed by atoms with Crippen molar-refractivity contribution in [1.29, 1.82) is 0 Å². The molecule has 0 saturated heterocycles. The Morgan fingerprint density at radius 2 is 2.07 bits per heavy atom. The van der Waals surface area contributed by atoms with Gasteiger partial charge in [-0.15, -0.1) is 35.6 Å². The molecule has 4 N–H and O–H groups in total. The highest BCUT2D eigenvalue weighted by molar-refractivity contribution is 7.98. The van der Waals surface area contributed by atoms with Gasteiger partial charge in [0.15, 0.2) is 0 Å². The van der Waals surface area contributed by atoms with Crippen LogP contribution in [0, 0.1) is 5.41 Å². The third kappa shape index (κ3) is 9.79. The molecule has 1 unspecified atom stereocenters. The number of carbonyl (C=O) groups is 2. The van der Waals surface area contributed by atoms with Gasteiger partial charge in [-0.3, -0.25) is 10.6 Å². The van der Waals surface area contributed by atoms with Crippen molar-refractivity contribution in [3.05, 3.63) is 23.8 Å². The van der Waals surface area contributed by atoms with Gasteiger partial charge in [-0.25, -0.2) is 10.2 Å². The molecule has 1 amide bonds. The van der Waals surface area contributed by atoms with Crippen LogP contribution in [0.2, 0.25) is 0 Å². The van der Waals surface area contributed by atoms with E-state index >= 15 is 0 Å². The van der Waals surface area contributed by atoms with Crippen LogP contribution in [0.15, 0.2) is 23.8 Å². The Morgan fingerprint density at radius 1 is 1.33 bits per heavy atom. The molecule has 10 heteroatoms. The van der Waals surface area contributed by atoms with Gasteiger partial charge >= 0.3 is 5.97 Å². The SMILES string of the molecule is CCOC(=O)[C@H](CCSC)NC(=O)[C@H](CC1(CCCl)C=CC=C(CCCl)C1)NN.Cl. The topological polar surface area (TPSA) is 93.4 Å². The lowest BCUT2D eigenvalue weighted by molar-refractivity contribution is -0.147. The molecular weight excluding hydrogens is 469 g/mol. The third-order valence-electron chi connectivity index (χ3n) is 5.00. The number of amides is 1. The molecule has 0 aromatic heterocycles. The number of nitrogens with one attached hydrogen (secondary N) is 2. The van der Waals surface area contributed by atoms with Crippen molar-refractivity contribution in [2.24, 2.45) is 11.3 Å². The minimum atomic E-state index is -0.691. The number of ether oxygens (including phenoxy) is 1. The fourth-order valence-corrected chi connectivity index (χ4v) is 4.58. The molecule has 1 aliphatic carbocycles. The van der Waals surface area contributed by atoms with E-state index in [-0.39, 0.29) is 30.3 Å². The number of hydrazine groups is 1. The minimum Gasteiger partial charge on any atom is -0.464 e. The van der Waals surface area contributed by atoms with E-state index < -0.39 is 18.1 Å². The third-order valence-corrected chi connectivity index (χ3v) is 6.02. The molecule has 6 nitrogen and oxygen atoms in total. The van der Waals surface area contributed by atoms with Crippen LogP contribution in [0.3, 0.4) is 0 Å². The zero-order chi connectivity index (χ0) is 21.7. The molecule has 0 radical (unpaired) electrons. The van der Waals surface area contributed by atoms with Crippen LogP contribution >= 0.6 is 47.4 Å². The summed E-state index contributed by atoms with van der Waals surface area (Å²) in [6.45, 7) is 2.01. The summed E-state index contributed by atoms with van der Waals surface area (Å²) in [5, 5.41) is 2.81. The number of esters is 1. The molecular formula is C20H34Cl3N3O3S. The molecule has 0 aromatic carbocycles. The lowest BCUT2D eigenvalue weighted by Gasteiger charge is -2.36. The van der Waals surface area contributed by atoms with Crippen molar-refractivity contribution in [3.8, 4) is 0 Å². The van der Waals surface area contributed by atoms with Crippen LogP contribution < -0.4 is 16.6 Å². The highest BCUT2D eigenvalue weighted by Gasteiger charge is 2.35. The number of hydrogen-bond donors (Lipinski definition) is 3. The molecule has 1 aliphatic rings. The van der Waals surface area contributed by atoms with Crippen molar-refractivity contribution in [3.63, 3.8) is 0 Å². The fraction of sp³-hybridized carbons (Fsp3) is 0.700. The Balaban J connectivity index is 0.00000841. The number of nitrogens with two attached hydrogens (primary N) is 1. The normalized spacial score (nSPS) is 20.0. The van der Waals surface area contributed by atoms with Crippen LogP contribution in [0.1, 0.15) is 39.0 Å². The smallest absolute Gasteiger partial charge is 0.328 e. The van der Waals surface area contributed by atoms with Crippen LogP contribution in [-0.2, 0) is 14.3 Å². The number of carbonyl (C=O) groups excluding carboxylic acids is 2. The zero-order valence-electron chi connectivity index (χ0n) is 17.6. The van der Waals surface area contributed by atoms with Gasteiger partial charge in [-0.2, -0.15) is 11.8 Å². The Kier molecular flexibility index (Phi) is 16.0. The number of rotatable bonds is 14. The standard InChI is InChI=1S/C20H33Cl2N3O3S.ClH/c1-3-28-19(27)16(7-12-29-2)24-18(26)17(25-23)14-20(9-11-22)8-4-5-15(13-20)6-10-21;/h4-5,8,16-17,25H,3,6-7,9-14,23H2,1-2H3,(H,24,26);1H/t16-,17-,20?;/m0./s1. The first-order chi connectivity index (χ1) is 13.9. The maximum absolute atomic E-state index is 12.9. The monoisotopic (exact) mass is 501 g/mol.